The SMILES string of the molecule is C=C(C)C[C@@H](c1ccc(OC)cc1OC)N1CCNCC1. The molecule has 0 amide bonds. The van der Waals surface area contributed by atoms with Gasteiger partial charge in [0.2, 0.25) is 0 Å². The lowest BCUT2D eigenvalue weighted by Crippen LogP contribution is -2.45. The van der Waals surface area contributed by atoms with Gasteiger partial charge in [0.1, 0.15) is 11.5 Å². The van der Waals surface area contributed by atoms with Crippen molar-refractivity contribution in [1.29, 1.82) is 0 Å². The van der Waals surface area contributed by atoms with Gasteiger partial charge in [-0.25, -0.2) is 0 Å². The van der Waals surface area contributed by atoms with Crippen LogP contribution in [0.5, 0.6) is 11.5 Å². The van der Waals surface area contributed by atoms with E-state index < -0.39 is 0 Å². The molecule has 2 rings (SSSR count). The van der Waals surface area contributed by atoms with Gasteiger partial charge in [0.15, 0.2) is 0 Å². The Balaban J connectivity index is 2.32. The van der Waals surface area contributed by atoms with Crippen LogP contribution in [-0.4, -0.2) is 45.3 Å². The van der Waals surface area contributed by atoms with Crippen LogP contribution in [0.4, 0.5) is 0 Å². The van der Waals surface area contributed by atoms with Crippen LogP contribution in [0, 0.1) is 0 Å². The zero-order valence-electron chi connectivity index (χ0n) is 13.3. The number of nitrogens with zero attached hydrogens (tertiary/aromatic N) is 1. The second-order valence-electron chi connectivity index (χ2n) is 5.57. The number of benzene rings is 1. The Labute approximate surface area is 127 Å². The summed E-state index contributed by atoms with van der Waals surface area (Å²) in [5, 5.41) is 3.41. The van der Waals surface area contributed by atoms with Crippen LogP contribution >= 0.6 is 0 Å². The van der Waals surface area contributed by atoms with Crippen LogP contribution in [0.25, 0.3) is 0 Å². The van der Waals surface area contributed by atoms with Crippen LogP contribution in [0.2, 0.25) is 0 Å². The predicted octanol–water partition coefficient (Wildman–Crippen LogP) is 2.62. The standard InChI is InChI=1S/C17H26N2O2/c1-13(2)11-16(19-9-7-18-8-10-19)15-6-5-14(20-3)12-17(15)21-4/h5-6,12,16,18H,1,7-11H2,2-4H3/t16-/m0/s1. The molecule has 0 aromatic heterocycles. The Morgan fingerprint density at radius 3 is 2.57 bits per heavy atom. The van der Waals surface area contributed by atoms with Crippen molar-refractivity contribution in [2.45, 2.75) is 19.4 Å². The first-order valence-corrected chi connectivity index (χ1v) is 7.46. The minimum absolute atomic E-state index is 0.311. The van der Waals surface area contributed by atoms with Crippen molar-refractivity contribution in [3.8, 4) is 11.5 Å². The van der Waals surface area contributed by atoms with E-state index in [4.69, 9.17) is 9.47 Å². The van der Waals surface area contributed by atoms with Crippen LogP contribution in [0.15, 0.2) is 30.4 Å². The Morgan fingerprint density at radius 2 is 2.00 bits per heavy atom. The van der Waals surface area contributed by atoms with Gasteiger partial charge in [-0.1, -0.05) is 11.6 Å². The van der Waals surface area contributed by atoms with E-state index in [9.17, 15) is 0 Å². The maximum absolute atomic E-state index is 5.59. The van der Waals surface area contributed by atoms with Crippen LogP contribution in [-0.2, 0) is 0 Å². The monoisotopic (exact) mass is 290 g/mol. The Hall–Kier alpha value is -1.52. The van der Waals surface area contributed by atoms with E-state index in [0.717, 1.165) is 44.1 Å². The molecule has 0 radical (unpaired) electrons. The molecule has 1 aromatic rings. The van der Waals surface area contributed by atoms with Crippen molar-refractivity contribution in [2.75, 3.05) is 40.4 Å². The average molecular weight is 290 g/mol. The van der Waals surface area contributed by atoms with Gasteiger partial charge in [0, 0.05) is 43.9 Å². The maximum atomic E-state index is 5.59. The Kier molecular flexibility index (Phi) is 5.65. The van der Waals surface area contributed by atoms with Crippen molar-refractivity contribution in [3.05, 3.63) is 35.9 Å². The largest absolute Gasteiger partial charge is 0.497 e. The molecule has 0 aliphatic carbocycles. The summed E-state index contributed by atoms with van der Waals surface area (Å²) < 4.78 is 10.9. The number of rotatable bonds is 6. The summed E-state index contributed by atoms with van der Waals surface area (Å²) in [6, 6.07) is 6.40. The minimum atomic E-state index is 0.311. The van der Waals surface area contributed by atoms with Crippen molar-refractivity contribution < 1.29 is 9.47 Å². The molecule has 1 saturated heterocycles. The highest BCUT2D eigenvalue weighted by molar-refractivity contribution is 5.43. The summed E-state index contributed by atoms with van der Waals surface area (Å²) in [5.74, 6) is 1.71. The fourth-order valence-electron chi connectivity index (χ4n) is 2.85. The van der Waals surface area contributed by atoms with Gasteiger partial charge < -0.3 is 14.8 Å². The molecule has 0 spiro atoms. The van der Waals surface area contributed by atoms with E-state index in [2.05, 4.69) is 29.8 Å². The number of hydrogen-bond acceptors (Lipinski definition) is 4. The molecule has 1 aliphatic rings. The molecule has 1 fully saturated rings. The van der Waals surface area contributed by atoms with Crippen molar-refractivity contribution in [2.24, 2.45) is 0 Å². The van der Waals surface area contributed by atoms with Crippen LogP contribution in [0.1, 0.15) is 24.9 Å². The fraction of sp³-hybridized carbons (Fsp3) is 0.529. The summed E-state index contributed by atoms with van der Waals surface area (Å²) in [5.41, 5.74) is 2.40. The summed E-state index contributed by atoms with van der Waals surface area (Å²) in [6.07, 6.45) is 0.947. The smallest absolute Gasteiger partial charge is 0.127 e. The van der Waals surface area contributed by atoms with E-state index in [1.54, 1.807) is 14.2 Å². The Morgan fingerprint density at radius 1 is 1.29 bits per heavy atom. The van der Waals surface area contributed by atoms with Crippen LogP contribution in [0.3, 0.4) is 0 Å². The highest BCUT2D eigenvalue weighted by Crippen LogP contribution is 2.36. The summed E-state index contributed by atoms with van der Waals surface area (Å²) in [6.45, 7) is 10.3. The lowest BCUT2D eigenvalue weighted by molar-refractivity contribution is 0.169. The second kappa shape index (κ2) is 7.48. The van der Waals surface area contributed by atoms with E-state index in [0.29, 0.717) is 6.04 Å². The topological polar surface area (TPSA) is 33.7 Å². The van der Waals surface area contributed by atoms with E-state index >= 15 is 0 Å². The first kappa shape index (κ1) is 15.9. The fourth-order valence-corrected chi connectivity index (χ4v) is 2.85. The molecule has 4 heteroatoms. The quantitative estimate of drug-likeness (QED) is 0.817. The second-order valence-corrected chi connectivity index (χ2v) is 5.57. The Bertz CT molecular complexity index is 482. The van der Waals surface area contributed by atoms with Gasteiger partial charge in [-0.15, -0.1) is 6.58 Å². The number of ether oxygens (including phenoxy) is 2. The molecule has 1 atom stereocenters. The van der Waals surface area contributed by atoms with Gasteiger partial charge in [0.05, 0.1) is 14.2 Å². The van der Waals surface area contributed by atoms with Crippen molar-refractivity contribution in [1.82, 2.24) is 10.2 Å². The molecular weight excluding hydrogens is 264 g/mol. The maximum Gasteiger partial charge on any atom is 0.127 e. The first-order chi connectivity index (χ1) is 10.2. The number of nitrogens with one attached hydrogen (secondary N) is 1. The zero-order chi connectivity index (χ0) is 15.2. The molecule has 4 nitrogen and oxygen atoms in total. The molecule has 0 saturated carbocycles. The van der Waals surface area contributed by atoms with E-state index in [1.807, 2.05) is 12.1 Å². The predicted molar refractivity (Wildman–Crippen MR) is 86.2 cm³/mol. The lowest BCUT2D eigenvalue weighted by Gasteiger charge is -2.36. The molecule has 116 valence electrons. The first-order valence-electron chi connectivity index (χ1n) is 7.46. The van der Waals surface area contributed by atoms with Crippen LogP contribution < -0.4 is 14.8 Å². The van der Waals surface area contributed by atoms with Gasteiger partial charge in [0.25, 0.3) is 0 Å². The third-order valence-electron chi connectivity index (χ3n) is 3.93. The van der Waals surface area contributed by atoms with Crippen molar-refractivity contribution in [3.63, 3.8) is 0 Å². The third kappa shape index (κ3) is 3.99. The molecule has 0 unspecified atom stereocenters. The zero-order valence-corrected chi connectivity index (χ0v) is 13.3. The molecule has 1 aromatic carbocycles. The average Bonchev–Trinajstić information content (AvgIpc) is 2.52. The highest BCUT2D eigenvalue weighted by atomic mass is 16.5. The molecule has 1 heterocycles. The number of piperazine rings is 1. The van der Waals surface area contributed by atoms with Gasteiger partial charge in [-0.05, 0) is 19.4 Å². The third-order valence-corrected chi connectivity index (χ3v) is 3.93. The van der Waals surface area contributed by atoms with Crippen molar-refractivity contribution >= 4 is 0 Å². The number of hydrogen-bond donors (Lipinski definition) is 1. The molecule has 1 N–H and O–H groups in total. The van der Waals surface area contributed by atoms with Gasteiger partial charge >= 0.3 is 0 Å². The molecular formula is C17H26N2O2. The van der Waals surface area contributed by atoms with E-state index in [1.165, 1.54) is 11.1 Å². The molecule has 21 heavy (non-hydrogen) atoms. The summed E-state index contributed by atoms with van der Waals surface area (Å²) >= 11 is 0. The minimum Gasteiger partial charge on any atom is -0.497 e. The van der Waals surface area contributed by atoms with E-state index in [-0.39, 0.29) is 0 Å². The summed E-state index contributed by atoms with van der Waals surface area (Å²) in [4.78, 5) is 2.51. The lowest BCUT2D eigenvalue weighted by atomic mass is 9.97. The molecule has 0 bridgehead atoms. The van der Waals surface area contributed by atoms with Gasteiger partial charge in [-0.3, -0.25) is 4.90 Å². The summed E-state index contributed by atoms with van der Waals surface area (Å²) in [7, 11) is 3.39. The highest BCUT2D eigenvalue weighted by Gasteiger charge is 2.25. The molecule has 1 aliphatic heterocycles. The van der Waals surface area contributed by atoms with Gasteiger partial charge in [-0.2, -0.15) is 0 Å². The normalized spacial score (nSPS) is 17.3. The number of methoxy groups -OCH3 is 2.